The molecular formula is C8H6BClNO4P. The van der Waals surface area contributed by atoms with Crippen LogP contribution in [0.3, 0.4) is 0 Å². The molecule has 2 aromatic rings. The molecule has 0 bridgehead atoms. The molecule has 0 aliphatic heterocycles. The van der Waals surface area contributed by atoms with Gasteiger partial charge in [-0.15, -0.1) is 0 Å². The van der Waals surface area contributed by atoms with Gasteiger partial charge in [-0.3, -0.25) is 9.79 Å². The Kier molecular flexibility index (Phi) is 2.76. The van der Waals surface area contributed by atoms with Crippen LogP contribution in [0.2, 0.25) is 5.02 Å². The third-order valence-electron chi connectivity index (χ3n) is 1.99. The van der Waals surface area contributed by atoms with Gasteiger partial charge in [0.25, 0.3) is 0 Å². The first kappa shape index (κ1) is 11.5. The van der Waals surface area contributed by atoms with Crippen LogP contribution in [0.25, 0.3) is 10.9 Å². The van der Waals surface area contributed by atoms with Crippen LogP contribution in [0.15, 0.2) is 18.3 Å². The van der Waals surface area contributed by atoms with E-state index in [2.05, 4.69) is 9.51 Å². The number of rotatable bonds is 2. The Hall–Kier alpha value is -0.935. The second-order valence-electron chi connectivity index (χ2n) is 3.13. The first-order chi connectivity index (χ1) is 7.38. The Balaban J connectivity index is 2.63. The maximum atomic E-state index is 10.7. The Bertz CT molecular complexity index is 593. The van der Waals surface area contributed by atoms with E-state index in [-0.39, 0.29) is 10.8 Å². The summed E-state index contributed by atoms with van der Waals surface area (Å²) in [5.74, 6) is -0.0272. The number of halogens is 1. The Morgan fingerprint density at radius 2 is 2.12 bits per heavy atom. The Labute approximate surface area is 97.0 Å². The fourth-order valence-electron chi connectivity index (χ4n) is 1.37. The molecule has 0 fully saturated rings. The van der Waals surface area contributed by atoms with Gasteiger partial charge in [0.15, 0.2) is 5.75 Å². The molecule has 1 aromatic heterocycles. The van der Waals surface area contributed by atoms with Crippen LogP contribution in [0.1, 0.15) is 0 Å². The van der Waals surface area contributed by atoms with Crippen molar-refractivity contribution >= 4 is 43.6 Å². The van der Waals surface area contributed by atoms with Crippen molar-refractivity contribution in [3.63, 3.8) is 0 Å². The Morgan fingerprint density at radius 3 is 2.75 bits per heavy atom. The van der Waals surface area contributed by atoms with Crippen LogP contribution in [-0.4, -0.2) is 22.6 Å². The lowest BCUT2D eigenvalue weighted by Gasteiger charge is -2.06. The van der Waals surface area contributed by atoms with Crippen LogP contribution < -0.4 is 9.99 Å². The van der Waals surface area contributed by atoms with Crippen molar-refractivity contribution in [1.82, 2.24) is 4.98 Å². The highest BCUT2D eigenvalue weighted by Gasteiger charge is 2.20. The van der Waals surface area contributed by atoms with Crippen molar-refractivity contribution < 1.29 is 18.9 Å². The zero-order chi connectivity index (χ0) is 11.9. The fraction of sp³-hybridized carbons (Fsp3) is 0. The SMILES string of the molecule is [B]c1ccc2[nH]cc(OP(=O)(O)O)c2c1Cl. The zero-order valence-corrected chi connectivity index (χ0v) is 9.50. The van der Waals surface area contributed by atoms with E-state index in [0.29, 0.717) is 16.4 Å². The molecular weight excluding hydrogens is 251 g/mol. The first-order valence-corrected chi connectivity index (χ1v) is 6.09. The van der Waals surface area contributed by atoms with Crippen LogP contribution in [-0.2, 0) is 4.57 Å². The van der Waals surface area contributed by atoms with Crippen molar-refractivity contribution in [2.24, 2.45) is 0 Å². The number of hydrogen-bond acceptors (Lipinski definition) is 2. The summed E-state index contributed by atoms with van der Waals surface area (Å²) in [6.07, 6.45) is 1.31. The average Bonchev–Trinajstić information content (AvgIpc) is 2.53. The number of aromatic amines is 1. The number of hydrogen-bond donors (Lipinski definition) is 3. The molecule has 0 aliphatic rings. The largest absolute Gasteiger partial charge is 0.524 e. The summed E-state index contributed by atoms with van der Waals surface area (Å²) in [5.41, 5.74) is 0.895. The summed E-state index contributed by atoms with van der Waals surface area (Å²) in [6.45, 7) is 0. The van der Waals surface area contributed by atoms with E-state index in [4.69, 9.17) is 29.2 Å². The van der Waals surface area contributed by atoms with E-state index >= 15 is 0 Å². The van der Waals surface area contributed by atoms with Gasteiger partial charge in [-0.05, 0) is 6.07 Å². The second kappa shape index (κ2) is 3.82. The van der Waals surface area contributed by atoms with Crippen LogP contribution in [0, 0.1) is 0 Å². The molecule has 16 heavy (non-hydrogen) atoms. The van der Waals surface area contributed by atoms with Gasteiger partial charge in [0.2, 0.25) is 0 Å². The molecule has 3 N–H and O–H groups in total. The lowest BCUT2D eigenvalue weighted by Crippen LogP contribution is -2.03. The Morgan fingerprint density at radius 1 is 1.44 bits per heavy atom. The van der Waals surface area contributed by atoms with Crippen LogP contribution in [0.5, 0.6) is 5.75 Å². The molecule has 8 heteroatoms. The van der Waals surface area contributed by atoms with Gasteiger partial charge in [0.1, 0.15) is 7.85 Å². The van der Waals surface area contributed by atoms with Crippen molar-refractivity contribution in [2.45, 2.75) is 0 Å². The van der Waals surface area contributed by atoms with E-state index in [9.17, 15) is 4.57 Å². The smallest absolute Gasteiger partial charge is 0.402 e. The van der Waals surface area contributed by atoms with E-state index in [1.54, 1.807) is 12.1 Å². The molecule has 0 aliphatic carbocycles. The highest BCUT2D eigenvalue weighted by Crippen LogP contribution is 2.42. The fourth-order valence-corrected chi connectivity index (χ4v) is 2.03. The minimum Gasteiger partial charge on any atom is -0.402 e. The number of phosphoric acid groups is 1. The highest BCUT2D eigenvalue weighted by molar-refractivity contribution is 7.46. The predicted octanol–water partition coefficient (Wildman–Crippen LogP) is 1.09. The molecule has 82 valence electrons. The second-order valence-corrected chi connectivity index (χ2v) is 4.67. The van der Waals surface area contributed by atoms with Crippen LogP contribution in [0.4, 0.5) is 0 Å². The van der Waals surface area contributed by atoms with Gasteiger partial charge in [-0.2, -0.15) is 0 Å². The summed E-state index contributed by atoms with van der Waals surface area (Å²) in [6, 6.07) is 3.23. The number of H-pyrrole nitrogens is 1. The molecule has 1 heterocycles. The molecule has 5 nitrogen and oxygen atoms in total. The van der Waals surface area contributed by atoms with Gasteiger partial charge >= 0.3 is 7.82 Å². The molecule has 0 saturated carbocycles. The van der Waals surface area contributed by atoms with Crippen molar-refractivity contribution in [3.05, 3.63) is 23.4 Å². The minimum atomic E-state index is -4.61. The third kappa shape index (κ3) is 2.10. The average molecular weight is 257 g/mol. The molecule has 0 unspecified atom stereocenters. The third-order valence-corrected chi connectivity index (χ3v) is 2.84. The summed E-state index contributed by atoms with van der Waals surface area (Å²) in [4.78, 5) is 20.2. The van der Waals surface area contributed by atoms with Gasteiger partial charge in [-0.1, -0.05) is 23.1 Å². The molecule has 1 aromatic carbocycles. The lowest BCUT2D eigenvalue weighted by molar-refractivity contribution is 0.284. The topological polar surface area (TPSA) is 82.6 Å². The number of benzene rings is 1. The van der Waals surface area contributed by atoms with Gasteiger partial charge in [-0.25, -0.2) is 4.57 Å². The molecule has 0 saturated heterocycles. The van der Waals surface area contributed by atoms with E-state index < -0.39 is 7.82 Å². The summed E-state index contributed by atoms with van der Waals surface area (Å²) >= 11 is 5.92. The quantitative estimate of drug-likeness (QED) is 0.555. The molecule has 0 spiro atoms. The number of nitrogens with one attached hydrogen (secondary N) is 1. The molecule has 2 radical (unpaired) electrons. The number of fused-ring (bicyclic) bond motifs is 1. The number of aromatic nitrogens is 1. The monoisotopic (exact) mass is 257 g/mol. The van der Waals surface area contributed by atoms with E-state index in [0.717, 1.165) is 0 Å². The van der Waals surface area contributed by atoms with E-state index in [1.807, 2.05) is 0 Å². The number of phosphoric ester groups is 1. The van der Waals surface area contributed by atoms with E-state index in [1.165, 1.54) is 6.20 Å². The molecule has 0 amide bonds. The summed E-state index contributed by atoms with van der Waals surface area (Å²) < 4.78 is 15.2. The van der Waals surface area contributed by atoms with Crippen LogP contribution >= 0.6 is 19.4 Å². The van der Waals surface area contributed by atoms with Crippen molar-refractivity contribution in [1.29, 1.82) is 0 Å². The maximum absolute atomic E-state index is 10.7. The van der Waals surface area contributed by atoms with Gasteiger partial charge < -0.3 is 9.51 Å². The van der Waals surface area contributed by atoms with Crippen molar-refractivity contribution in [2.75, 3.05) is 0 Å². The van der Waals surface area contributed by atoms with Crippen molar-refractivity contribution in [3.8, 4) is 5.75 Å². The highest BCUT2D eigenvalue weighted by atomic mass is 35.5. The molecule has 0 atom stereocenters. The minimum absolute atomic E-state index is 0.0272. The summed E-state index contributed by atoms with van der Waals surface area (Å²) in [5, 5.41) is 0.548. The lowest BCUT2D eigenvalue weighted by atomic mass is 9.95. The zero-order valence-electron chi connectivity index (χ0n) is 7.85. The summed E-state index contributed by atoms with van der Waals surface area (Å²) in [7, 11) is 0.969. The van der Waals surface area contributed by atoms with Gasteiger partial charge in [0, 0.05) is 11.2 Å². The predicted molar refractivity (Wildman–Crippen MR) is 61.4 cm³/mol. The standard InChI is InChI=1S/C8H6BClNO4P/c9-4-1-2-5-7(8(4)10)6(3-11-5)15-16(12,13)14/h1-3,11H,(H2,12,13,14). The first-order valence-electron chi connectivity index (χ1n) is 4.18. The normalized spacial score (nSPS) is 11.9. The molecule has 2 rings (SSSR count). The maximum Gasteiger partial charge on any atom is 0.524 e. The van der Waals surface area contributed by atoms with Gasteiger partial charge in [0.05, 0.1) is 10.9 Å².